The number of aromatic nitrogens is 4. The topological polar surface area (TPSA) is 73.1 Å². The van der Waals surface area contributed by atoms with Gasteiger partial charge in [-0.3, -0.25) is 4.79 Å². The van der Waals surface area contributed by atoms with Crippen LogP contribution in [0.25, 0.3) is 11.2 Å². The molecule has 3 aromatic rings. The van der Waals surface area contributed by atoms with E-state index in [0.717, 1.165) is 65.8 Å². The van der Waals surface area contributed by atoms with Crippen LogP contribution in [0.1, 0.15) is 62.7 Å². The molecule has 1 saturated heterocycles. The summed E-state index contributed by atoms with van der Waals surface area (Å²) < 4.78 is 8.97. The Balaban J connectivity index is 1.48. The number of benzene rings is 1. The Morgan fingerprint density at radius 1 is 1.26 bits per heavy atom. The summed E-state index contributed by atoms with van der Waals surface area (Å²) in [4.78, 5) is 28.1. The minimum absolute atomic E-state index is 0.0167. The van der Waals surface area contributed by atoms with Gasteiger partial charge in [0, 0.05) is 36.2 Å². The highest BCUT2D eigenvalue weighted by Gasteiger charge is 2.29. The maximum atomic E-state index is 12.3. The van der Waals surface area contributed by atoms with Crippen LogP contribution >= 0.6 is 15.9 Å². The average molecular weight is 484 g/mol. The first kappa shape index (κ1) is 20.6. The zero-order valence-electron chi connectivity index (χ0n) is 17.8. The largest absolute Gasteiger partial charge is 0.358 e. The van der Waals surface area contributed by atoms with E-state index in [1.165, 1.54) is 5.56 Å². The lowest BCUT2D eigenvalue weighted by molar-refractivity contribution is -0.117. The van der Waals surface area contributed by atoms with Crippen molar-refractivity contribution in [1.82, 2.24) is 19.5 Å². The molecule has 162 valence electrons. The summed E-state index contributed by atoms with van der Waals surface area (Å²) >= 11 is 3.72. The van der Waals surface area contributed by atoms with E-state index in [2.05, 4.69) is 32.8 Å². The molecule has 2 aliphatic rings. The predicted molar refractivity (Wildman–Crippen MR) is 122 cm³/mol. The molecule has 1 amide bonds. The van der Waals surface area contributed by atoms with E-state index in [4.69, 9.17) is 9.72 Å². The summed E-state index contributed by atoms with van der Waals surface area (Å²) in [5, 5.41) is 0. The normalized spacial score (nSPS) is 21.3. The fourth-order valence-corrected chi connectivity index (χ4v) is 5.33. The van der Waals surface area contributed by atoms with Crippen molar-refractivity contribution in [3.63, 3.8) is 0 Å². The van der Waals surface area contributed by atoms with Crippen LogP contribution in [0.4, 0.5) is 5.69 Å². The summed E-state index contributed by atoms with van der Waals surface area (Å²) in [5.74, 6) is 0.805. The van der Waals surface area contributed by atoms with Crippen LogP contribution < -0.4 is 4.90 Å². The molecule has 7 nitrogen and oxygen atoms in total. The third-order valence-electron chi connectivity index (χ3n) is 6.38. The standard InChI is InChI=1S/C23H26BrN5O2/c1-14-6-7-16-17(18(24)8-9-19(16)29(14)15(2)30)11-21-25-12-20-23(27-21)26-13-28(20)22-5-3-4-10-31-22/h8-9,12-14,22H,3-7,10-11H2,1-2H3/t14-,22?/m0/s1. The van der Waals surface area contributed by atoms with Gasteiger partial charge in [-0.25, -0.2) is 15.0 Å². The van der Waals surface area contributed by atoms with Gasteiger partial charge in [0.15, 0.2) is 5.65 Å². The maximum absolute atomic E-state index is 12.3. The Morgan fingerprint density at radius 3 is 2.90 bits per heavy atom. The Kier molecular flexibility index (Phi) is 5.52. The van der Waals surface area contributed by atoms with Crippen LogP contribution in [-0.4, -0.2) is 38.1 Å². The second-order valence-electron chi connectivity index (χ2n) is 8.45. The average Bonchev–Trinajstić information content (AvgIpc) is 3.19. The van der Waals surface area contributed by atoms with Crippen molar-refractivity contribution >= 4 is 38.7 Å². The molecule has 1 fully saturated rings. The van der Waals surface area contributed by atoms with Gasteiger partial charge >= 0.3 is 0 Å². The van der Waals surface area contributed by atoms with Crippen LogP contribution in [0, 0.1) is 0 Å². The molecule has 5 rings (SSSR count). The van der Waals surface area contributed by atoms with E-state index in [0.29, 0.717) is 12.1 Å². The first-order valence-electron chi connectivity index (χ1n) is 10.9. The van der Waals surface area contributed by atoms with Crippen LogP contribution in [0.3, 0.4) is 0 Å². The summed E-state index contributed by atoms with van der Waals surface area (Å²) in [6.45, 7) is 4.53. The lowest BCUT2D eigenvalue weighted by Gasteiger charge is -2.36. The second-order valence-corrected chi connectivity index (χ2v) is 9.30. The van der Waals surface area contributed by atoms with E-state index in [-0.39, 0.29) is 18.2 Å². The number of hydrogen-bond acceptors (Lipinski definition) is 5. The molecule has 0 bridgehead atoms. The fourth-order valence-electron chi connectivity index (χ4n) is 4.82. The van der Waals surface area contributed by atoms with Gasteiger partial charge in [-0.2, -0.15) is 0 Å². The summed E-state index contributed by atoms with van der Waals surface area (Å²) in [6.07, 6.45) is 9.41. The Bertz CT molecular complexity index is 1140. The molecule has 0 radical (unpaired) electrons. The molecule has 0 spiro atoms. The number of ether oxygens (including phenoxy) is 1. The highest BCUT2D eigenvalue weighted by Crippen LogP contribution is 2.37. The molecule has 4 heterocycles. The van der Waals surface area contributed by atoms with Gasteiger partial charge in [0.25, 0.3) is 0 Å². The van der Waals surface area contributed by atoms with Crippen molar-refractivity contribution in [2.75, 3.05) is 11.5 Å². The number of halogens is 1. The molecule has 0 N–H and O–H groups in total. The monoisotopic (exact) mass is 483 g/mol. The third-order valence-corrected chi connectivity index (χ3v) is 7.13. The molecule has 2 atom stereocenters. The van der Waals surface area contributed by atoms with Gasteiger partial charge in [0.05, 0.1) is 12.5 Å². The van der Waals surface area contributed by atoms with Crippen LogP contribution in [0.5, 0.6) is 0 Å². The molecule has 1 aromatic carbocycles. The first-order valence-corrected chi connectivity index (χ1v) is 11.7. The van der Waals surface area contributed by atoms with E-state index in [1.54, 1.807) is 6.92 Å². The van der Waals surface area contributed by atoms with Crippen molar-refractivity contribution in [2.45, 2.75) is 64.6 Å². The number of amides is 1. The number of rotatable bonds is 3. The van der Waals surface area contributed by atoms with E-state index >= 15 is 0 Å². The number of carbonyl (C=O) groups excluding carboxylic acids is 1. The predicted octanol–water partition coefficient (Wildman–Crippen LogP) is 4.57. The number of imidazole rings is 1. The fraction of sp³-hybridized carbons (Fsp3) is 0.478. The maximum Gasteiger partial charge on any atom is 0.224 e. The van der Waals surface area contributed by atoms with Gasteiger partial charge in [0.1, 0.15) is 17.6 Å². The first-order chi connectivity index (χ1) is 15.0. The van der Waals surface area contributed by atoms with Gasteiger partial charge < -0.3 is 14.2 Å². The molecule has 31 heavy (non-hydrogen) atoms. The van der Waals surface area contributed by atoms with Crippen LogP contribution in [0.15, 0.2) is 29.1 Å². The van der Waals surface area contributed by atoms with Crippen molar-refractivity contribution in [3.8, 4) is 0 Å². The van der Waals surface area contributed by atoms with E-state index in [1.807, 2.05) is 34.1 Å². The number of hydrogen-bond donors (Lipinski definition) is 0. The molecule has 2 aromatic heterocycles. The van der Waals surface area contributed by atoms with Crippen LogP contribution in [0.2, 0.25) is 0 Å². The quantitative estimate of drug-likeness (QED) is 0.545. The lowest BCUT2D eigenvalue weighted by Crippen LogP contribution is -2.41. The molecule has 0 saturated carbocycles. The molecular formula is C23H26BrN5O2. The summed E-state index contributed by atoms with van der Waals surface area (Å²) in [6, 6.07) is 4.27. The Labute approximate surface area is 190 Å². The van der Waals surface area contributed by atoms with Gasteiger partial charge in [-0.15, -0.1) is 0 Å². The van der Waals surface area contributed by atoms with Gasteiger partial charge in [-0.05, 0) is 62.3 Å². The molecular weight excluding hydrogens is 458 g/mol. The summed E-state index contributed by atoms with van der Waals surface area (Å²) in [7, 11) is 0. The Morgan fingerprint density at radius 2 is 2.13 bits per heavy atom. The van der Waals surface area contributed by atoms with Crippen LogP contribution in [-0.2, 0) is 22.4 Å². The molecule has 0 aliphatic carbocycles. The smallest absolute Gasteiger partial charge is 0.224 e. The third kappa shape index (κ3) is 3.76. The van der Waals surface area contributed by atoms with Gasteiger partial charge in [0.2, 0.25) is 5.91 Å². The highest BCUT2D eigenvalue weighted by atomic mass is 79.9. The van der Waals surface area contributed by atoms with Gasteiger partial charge in [-0.1, -0.05) is 15.9 Å². The van der Waals surface area contributed by atoms with Crippen molar-refractivity contribution in [1.29, 1.82) is 0 Å². The van der Waals surface area contributed by atoms with Crippen molar-refractivity contribution in [3.05, 3.63) is 46.1 Å². The SMILES string of the molecule is CC(=O)N1c2ccc(Br)c(Cc3ncc4c(ncn4C4CCCCO4)n3)c2CC[C@@H]1C. The lowest BCUT2D eigenvalue weighted by atomic mass is 9.91. The molecule has 8 heteroatoms. The molecule has 1 unspecified atom stereocenters. The van der Waals surface area contributed by atoms with E-state index < -0.39 is 0 Å². The summed E-state index contributed by atoms with van der Waals surface area (Å²) in [5.41, 5.74) is 4.95. The minimum Gasteiger partial charge on any atom is -0.358 e. The molecule has 2 aliphatic heterocycles. The zero-order valence-corrected chi connectivity index (χ0v) is 19.4. The minimum atomic E-state index is 0.0167. The Hall–Kier alpha value is -2.32. The number of nitrogens with zero attached hydrogens (tertiary/aromatic N) is 5. The van der Waals surface area contributed by atoms with Crippen molar-refractivity contribution < 1.29 is 9.53 Å². The number of carbonyl (C=O) groups is 1. The number of fused-ring (bicyclic) bond motifs is 2. The van der Waals surface area contributed by atoms with E-state index in [9.17, 15) is 4.79 Å². The van der Waals surface area contributed by atoms with Crippen molar-refractivity contribution in [2.24, 2.45) is 0 Å². The zero-order chi connectivity index (χ0) is 21.5. The second kappa shape index (κ2) is 8.31. The highest BCUT2D eigenvalue weighted by molar-refractivity contribution is 9.10. The number of anilines is 1.